The molecule has 1 aromatic heterocycles. The quantitative estimate of drug-likeness (QED) is 0.241. The first-order valence-electron chi connectivity index (χ1n) is 12.2. The summed E-state index contributed by atoms with van der Waals surface area (Å²) in [7, 11) is 0. The first-order valence-corrected chi connectivity index (χ1v) is 12.2. The van der Waals surface area contributed by atoms with Crippen molar-refractivity contribution in [3.8, 4) is 16.9 Å². The Hall–Kier alpha value is -3.79. The molecule has 0 amide bonds. The molecule has 0 unspecified atom stereocenters. The molecule has 0 radical (unpaired) electrons. The molecular formula is C29H24F6N2O2. The van der Waals surface area contributed by atoms with Crippen molar-refractivity contribution >= 4 is 16.7 Å². The molecule has 4 nitrogen and oxygen atoms in total. The van der Waals surface area contributed by atoms with Crippen molar-refractivity contribution in [2.24, 2.45) is 0 Å². The lowest BCUT2D eigenvalue weighted by molar-refractivity contribution is -0.143. The van der Waals surface area contributed by atoms with Gasteiger partial charge in [-0.25, -0.2) is 4.98 Å². The Kier molecular flexibility index (Phi) is 7.15. The standard InChI is InChI=1S/C29H24F6N2O2/c1-18-4-2-3-5-22(18)27-23-6-9-26(37-10-12-38-13-11-37)36-24(23)7-8-25(27)39-17-19-14-20(28(30,31)32)16-21(15-19)29(33,34)35/h2-9,14-16H,10-13,17H2,1H3. The van der Waals surface area contributed by atoms with Gasteiger partial charge in [0.05, 0.1) is 29.9 Å². The van der Waals surface area contributed by atoms with E-state index in [4.69, 9.17) is 14.5 Å². The molecule has 1 fully saturated rings. The highest BCUT2D eigenvalue weighted by Crippen LogP contribution is 2.40. The average molecular weight is 547 g/mol. The fourth-order valence-electron chi connectivity index (χ4n) is 4.66. The molecule has 0 atom stereocenters. The number of pyridine rings is 1. The van der Waals surface area contributed by atoms with E-state index in [0.717, 1.165) is 22.3 Å². The van der Waals surface area contributed by atoms with Gasteiger partial charge in [0, 0.05) is 24.0 Å². The molecule has 1 aliphatic rings. The van der Waals surface area contributed by atoms with Gasteiger partial charge in [0.25, 0.3) is 0 Å². The zero-order chi connectivity index (χ0) is 27.8. The number of benzene rings is 3. The normalized spacial score (nSPS) is 14.6. The van der Waals surface area contributed by atoms with Gasteiger partial charge in [0.1, 0.15) is 18.2 Å². The maximum atomic E-state index is 13.3. The molecule has 0 aliphatic carbocycles. The summed E-state index contributed by atoms with van der Waals surface area (Å²) in [5, 5.41) is 0.749. The number of nitrogens with zero attached hydrogens (tertiary/aromatic N) is 2. The number of hydrogen-bond donors (Lipinski definition) is 0. The molecular weight excluding hydrogens is 522 g/mol. The Morgan fingerprint density at radius 2 is 1.51 bits per heavy atom. The molecule has 1 aliphatic heterocycles. The summed E-state index contributed by atoms with van der Waals surface area (Å²) in [5.74, 6) is 1.11. The third kappa shape index (κ3) is 5.80. The first kappa shape index (κ1) is 26.8. The van der Waals surface area contributed by atoms with Gasteiger partial charge >= 0.3 is 12.4 Å². The summed E-state index contributed by atoms with van der Waals surface area (Å²) in [4.78, 5) is 6.93. The smallest absolute Gasteiger partial charge is 0.416 e. The van der Waals surface area contributed by atoms with E-state index in [-0.39, 0.29) is 11.6 Å². The minimum absolute atomic E-state index is 0.107. The number of alkyl halides is 6. The third-order valence-corrected chi connectivity index (χ3v) is 6.61. The van der Waals surface area contributed by atoms with Crippen LogP contribution in [-0.4, -0.2) is 31.3 Å². The second kappa shape index (κ2) is 10.4. The topological polar surface area (TPSA) is 34.6 Å². The van der Waals surface area contributed by atoms with Crippen LogP contribution in [0, 0.1) is 6.92 Å². The van der Waals surface area contributed by atoms with Crippen molar-refractivity contribution in [1.29, 1.82) is 0 Å². The number of hydrogen-bond acceptors (Lipinski definition) is 4. The molecule has 4 aromatic rings. The van der Waals surface area contributed by atoms with Gasteiger partial charge in [-0.3, -0.25) is 0 Å². The summed E-state index contributed by atoms with van der Waals surface area (Å²) in [5.41, 5.74) is 0.0813. The van der Waals surface area contributed by atoms with E-state index in [2.05, 4.69) is 4.90 Å². The lowest BCUT2D eigenvalue weighted by Gasteiger charge is -2.28. The molecule has 3 aromatic carbocycles. The highest BCUT2D eigenvalue weighted by atomic mass is 19.4. The zero-order valence-corrected chi connectivity index (χ0v) is 20.9. The Labute approximate surface area is 220 Å². The highest BCUT2D eigenvalue weighted by molar-refractivity contribution is 5.99. The molecule has 10 heteroatoms. The number of anilines is 1. The van der Waals surface area contributed by atoms with Gasteiger partial charge < -0.3 is 14.4 Å². The summed E-state index contributed by atoms with van der Waals surface area (Å²) in [6.07, 6.45) is -9.87. The van der Waals surface area contributed by atoms with Crippen LogP contribution in [0.4, 0.5) is 32.2 Å². The van der Waals surface area contributed by atoms with Crippen LogP contribution in [-0.2, 0) is 23.7 Å². The van der Waals surface area contributed by atoms with Gasteiger partial charge in [0.2, 0.25) is 0 Å². The molecule has 204 valence electrons. The lowest BCUT2D eigenvalue weighted by Crippen LogP contribution is -2.36. The van der Waals surface area contributed by atoms with Crippen LogP contribution >= 0.6 is 0 Å². The number of rotatable bonds is 5. The Morgan fingerprint density at radius 3 is 2.15 bits per heavy atom. The number of morpholine rings is 1. The zero-order valence-electron chi connectivity index (χ0n) is 20.9. The van der Waals surface area contributed by atoms with E-state index in [1.165, 1.54) is 0 Å². The van der Waals surface area contributed by atoms with E-state index in [1.54, 1.807) is 12.1 Å². The van der Waals surface area contributed by atoms with Gasteiger partial charge in [-0.1, -0.05) is 24.3 Å². The second-order valence-electron chi connectivity index (χ2n) is 9.29. The van der Waals surface area contributed by atoms with Gasteiger partial charge in [-0.05, 0) is 66.1 Å². The molecule has 5 rings (SSSR count). The van der Waals surface area contributed by atoms with Crippen LogP contribution in [0.1, 0.15) is 22.3 Å². The molecule has 1 saturated heterocycles. The van der Waals surface area contributed by atoms with Crippen molar-refractivity contribution in [3.63, 3.8) is 0 Å². The second-order valence-corrected chi connectivity index (χ2v) is 9.29. The number of halogens is 6. The van der Waals surface area contributed by atoms with Crippen LogP contribution in [0.5, 0.6) is 5.75 Å². The predicted molar refractivity (Wildman–Crippen MR) is 136 cm³/mol. The average Bonchev–Trinajstić information content (AvgIpc) is 2.91. The molecule has 0 spiro atoms. The molecule has 2 heterocycles. The monoisotopic (exact) mass is 546 g/mol. The minimum Gasteiger partial charge on any atom is -0.488 e. The predicted octanol–water partition coefficient (Wildman–Crippen LogP) is 7.66. The van der Waals surface area contributed by atoms with Crippen molar-refractivity contribution in [2.45, 2.75) is 25.9 Å². The summed E-state index contributed by atoms with van der Waals surface area (Å²) in [6.45, 7) is 4.05. The van der Waals surface area contributed by atoms with Gasteiger partial charge in [-0.2, -0.15) is 26.3 Å². The number of aryl methyl sites for hydroxylation is 1. The Morgan fingerprint density at radius 1 is 0.846 bits per heavy atom. The minimum atomic E-state index is -4.94. The summed E-state index contributed by atoms with van der Waals surface area (Å²) >= 11 is 0. The number of aromatic nitrogens is 1. The fraction of sp³-hybridized carbons (Fsp3) is 0.276. The van der Waals surface area contributed by atoms with E-state index >= 15 is 0 Å². The number of fused-ring (bicyclic) bond motifs is 1. The van der Waals surface area contributed by atoms with Crippen LogP contribution in [0.2, 0.25) is 0 Å². The first-order chi connectivity index (χ1) is 18.5. The molecule has 0 bridgehead atoms. The molecule has 0 N–H and O–H groups in total. The Balaban J connectivity index is 1.56. The largest absolute Gasteiger partial charge is 0.488 e. The van der Waals surface area contributed by atoms with Crippen LogP contribution in [0.15, 0.2) is 66.7 Å². The maximum absolute atomic E-state index is 13.3. The summed E-state index contributed by atoms with van der Waals surface area (Å²) in [6, 6.07) is 16.2. The van der Waals surface area contributed by atoms with Gasteiger partial charge in [0.15, 0.2) is 0 Å². The SMILES string of the molecule is Cc1ccccc1-c1c(OCc2cc(C(F)(F)F)cc(C(F)(F)F)c2)ccc2nc(N3CCOCC3)ccc12. The van der Waals surface area contributed by atoms with Crippen LogP contribution in [0.3, 0.4) is 0 Å². The van der Waals surface area contributed by atoms with Crippen molar-refractivity contribution in [2.75, 3.05) is 31.2 Å². The van der Waals surface area contributed by atoms with Crippen molar-refractivity contribution < 1.29 is 35.8 Å². The molecule has 0 saturated carbocycles. The highest BCUT2D eigenvalue weighted by Gasteiger charge is 2.37. The van der Waals surface area contributed by atoms with Crippen LogP contribution < -0.4 is 9.64 Å². The van der Waals surface area contributed by atoms with Crippen LogP contribution in [0.25, 0.3) is 22.0 Å². The Bertz CT molecular complexity index is 1460. The van der Waals surface area contributed by atoms with E-state index < -0.39 is 30.1 Å². The lowest BCUT2D eigenvalue weighted by atomic mass is 9.95. The van der Waals surface area contributed by atoms with Gasteiger partial charge in [-0.15, -0.1) is 0 Å². The van der Waals surface area contributed by atoms with Crippen molar-refractivity contribution in [3.05, 3.63) is 89.0 Å². The fourth-order valence-corrected chi connectivity index (χ4v) is 4.66. The number of ether oxygens (including phenoxy) is 2. The maximum Gasteiger partial charge on any atom is 0.416 e. The van der Waals surface area contributed by atoms with E-state index in [0.29, 0.717) is 55.3 Å². The van der Waals surface area contributed by atoms with E-state index in [9.17, 15) is 26.3 Å². The van der Waals surface area contributed by atoms with E-state index in [1.807, 2.05) is 43.3 Å². The van der Waals surface area contributed by atoms with Crippen molar-refractivity contribution in [1.82, 2.24) is 4.98 Å². The third-order valence-electron chi connectivity index (χ3n) is 6.61. The summed E-state index contributed by atoms with van der Waals surface area (Å²) < 4.78 is 91.4. The molecule has 39 heavy (non-hydrogen) atoms.